The minimum atomic E-state index is -0.772. The van der Waals surface area contributed by atoms with Crippen molar-refractivity contribution in [2.75, 3.05) is 13.2 Å². The maximum absolute atomic E-state index is 12.8. The summed E-state index contributed by atoms with van der Waals surface area (Å²) in [5, 5.41) is 0. The summed E-state index contributed by atoms with van der Waals surface area (Å²) in [6, 6.07) is 0. The van der Waals surface area contributed by atoms with E-state index in [2.05, 4.69) is 93.7 Å². The van der Waals surface area contributed by atoms with Crippen LogP contribution in [0.25, 0.3) is 0 Å². The number of unbranched alkanes of at least 4 members (excludes halogenated alkanes) is 37. The molecular weight excluding hydrogens is 937 g/mol. The average Bonchev–Trinajstić information content (AvgIpc) is 3.42. The molecule has 0 spiro atoms. The Kier molecular flexibility index (Phi) is 61.7. The Morgan fingerprint density at radius 3 is 0.816 bits per heavy atom. The lowest BCUT2D eigenvalue weighted by Crippen LogP contribution is -2.30. The van der Waals surface area contributed by atoms with Crippen LogP contribution in [-0.2, 0) is 28.6 Å². The van der Waals surface area contributed by atoms with Crippen LogP contribution in [0.4, 0.5) is 0 Å². The van der Waals surface area contributed by atoms with Gasteiger partial charge in [-0.15, -0.1) is 0 Å². The van der Waals surface area contributed by atoms with Gasteiger partial charge in [-0.1, -0.05) is 299 Å². The van der Waals surface area contributed by atoms with Gasteiger partial charge in [0, 0.05) is 19.3 Å². The number of carbonyl (C=O) groups excluding carboxylic acids is 3. The SMILES string of the molecule is CC/C=C\C/C=C\C/C=C\C/C=C\C/C=C\CCCCCCCCCCCCCCCCCCCC(=O)OCC(COC(=O)CCCCCCCCC)OC(=O)CCCCCCCCC/C=C\CCCCCCCCC. The van der Waals surface area contributed by atoms with Gasteiger partial charge in [-0.05, 0) is 89.9 Å². The van der Waals surface area contributed by atoms with Gasteiger partial charge >= 0.3 is 17.9 Å². The fraction of sp³-hybridized carbons (Fsp3) is 0.786. The molecule has 0 aliphatic rings. The van der Waals surface area contributed by atoms with Gasteiger partial charge in [-0.25, -0.2) is 0 Å². The molecule has 0 aromatic carbocycles. The summed E-state index contributed by atoms with van der Waals surface area (Å²) in [5.41, 5.74) is 0. The third-order valence-electron chi connectivity index (χ3n) is 14.4. The van der Waals surface area contributed by atoms with Crippen molar-refractivity contribution < 1.29 is 28.6 Å². The van der Waals surface area contributed by atoms with Gasteiger partial charge in [0.25, 0.3) is 0 Å². The number of carbonyl (C=O) groups is 3. The van der Waals surface area contributed by atoms with Crippen molar-refractivity contribution in [2.24, 2.45) is 0 Å². The van der Waals surface area contributed by atoms with Crippen LogP contribution < -0.4 is 0 Å². The zero-order valence-electron chi connectivity index (χ0n) is 50.5. The summed E-state index contributed by atoms with van der Waals surface area (Å²) < 4.78 is 16.8. The molecule has 0 aliphatic carbocycles. The Morgan fingerprint density at radius 1 is 0.276 bits per heavy atom. The van der Waals surface area contributed by atoms with E-state index in [1.54, 1.807) is 0 Å². The van der Waals surface area contributed by atoms with E-state index in [0.717, 1.165) is 89.9 Å². The molecule has 0 radical (unpaired) electrons. The second kappa shape index (κ2) is 64.4. The Balaban J connectivity index is 4.02. The van der Waals surface area contributed by atoms with E-state index in [1.165, 1.54) is 205 Å². The molecule has 0 bridgehead atoms. The molecule has 0 saturated carbocycles. The molecule has 1 atom stereocenters. The summed E-state index contributed by atoms with van der Waals surface area (Å²) in [7, 11) is 0. The quantitative estimate of drug-likeness (QED) is 0.0261. The summed E-state index contributed by atoms with van der Waals surface area (Å²) >= 11 is 0. The predicted molar refractivity (Wildman–Crippen MR) is 330 cm³/mol. The van der Waals surface area contributed by atoms with Gasteiger partial charge in [0.05, 0.1) is 0 Å². The molecule has 6 nitrogen and oxygen atoms in total. The van der Waals surface area contributed by atoms with Crippen molar-refractivity contribution in [2.45, 2.75) is 341 Å². The highest BCUT2D eigenvalue weighted by Gasteiger charge is 2.19. The van der Waals surface area contributed by atoms with Crippen LogP contribution >= 0.6 is 0 Å². The first-order valence-electron chi connectivity index (χ1n) is 32.9. The molecule has 0 N–H and O–H groups in total. The predicted octanol–water partition coefficient (Wildman–Crippen LogP) is 22.5. The van der Waals surface area contributed by atoms with Crippen molar-refractivity contribution >= 4 is 17.9 Å². The summed E-state index contributed by atoms with van der Waals surface area (Å²) in [6.45, 7) is 6.52. The number of allylic oxidation sites excluding steroid dienone is 12. The lowest BCUT2D eigenvalue weighted by atomic mass is 10.0. The number of hydrogen-bond acceptors (Lipinski definition) is 6. The van der Waals surface area contributed by atoms with Crippen LogP contribution in [0.2, 0.25) is 0 Å². The van der Waals surface area contributed by atoms with E-state index in [0.29, 0.717) is 19.3 Å². The van der Waals surface area contributed by atoms with Gasteiger partial charge in [-0.2, -0.15) is 0 Å². The van der Waals surface area contributed by atoms with E-state index < -0.39 is 6.10 Å². The minimum absolute atomic E-state index is 0.0724. The van der Waals surface area contributed by atoms with Crippen molar-refractivity contribution in [1.82, 2.24) is 0 Å². The average molecular weight is 1060 g/mol. The molecule has 0 aliphatic heterocycles. The van der Waals surface area contributed by atoms with Crippen LogP contribution in [0.15, 0.2) is 72.9 Å². The highest BCUT2D eigenvalue weighted by molar-refractivity contribution is 5.71. The van der Waals surface area contributed by atoms with Gasteiger partial charge < -0.3 is 14.2 Å². The first-order chi connectivity index (χ1) is 37.5. The van der Waals surface area contributed by atoms with Crippen molar-refractivity contribution in [3.05, 3.63) is 72.9 Å². The molecule has 76 heavy (non-hydrogen) atoms. The second-order valence-electron chi connectivity index (χ2n) is 22.0. The van der Waals surface area contributed by atoms with Gasteiger partial charge in [-0.3, -0.25) is 14.4 Å². The molecule has 0 heterocycles. The molecule has 0 amide bonds. The van der Waals surface area contributed by atoms with Crippen LogP contribution in [0.3, 0.4) is 0 Å². The van der Waals surface area contributed by atoms with Crippen LogP contribution in [0.5, 0.6) is 0 Å². The lowest BCUT2D eigenvalue weighted by Gasteiger charge is -2.18. The third kappa shape index (κ3) is 61.7. The molecule has 0 aromatic heterocycles. The van der Waals surface area contributed by atoms with Crippen molar-refractivity contribution in [3.63, 3.8) is 0 Å². The molecule has 0 saturated heterocycles. The Morgan fingerprint density at radius 2 is 0.513 bits per heavy atom. The number of esters is 3. The summed E-state index contributed by atoms with van der Waals surface area (Å²) in [6.07, 6.45) is 83.8. The van der Waals surface area contributed by atoms with Gasteiger partial charge in [0.15, 0.2) is 6.10 Å². The summed E-state index contributed by atoms with van der Waals surface area (Å²) in [5.74, 6) is -0.867. The van der Waals surface area contributed by atoms with Gasteiger partial charge in [0.2, 0.25) is 0 Å². The van der Waals surface area contributed by atoms with Crippen molar-refractivity contribution in [1.29, 1.82) is 0 Å². The zero-order valence-corrected chi connectivity index (χ0v) is 50.5. The standard InChI is InChI=1S/C70H124O6/c1-4-7-10-13-16-18-20-22-24-26-28-29-30-31-32-33-34-35-36-37-38-39-40-41-42-44-45-47-49-51-54-57-60-63-69(72)75-66-67(65-74-68(71)62-59-56-53-15-12-9-6-3)76-70(73)64-61-58-55-52-50-48-46-43-27-25-23-21-19-17-14-11-8-5-2/h7,10,16,18,22,24-25,27-29,31-32,67H,4-6,8-9,11-15,17,19-21,23,26,30,33-66H2,1-3H3/b10-7-,18-16-,24-22-,27-25-,29-28-,32-31-. The van der Waals surface area contributed by atoms with E-state index in [-0.39, 0.29) is 31.1 Å². The number of hydrogen-bond donors (Lipinski definition) is 0. The maximum atomic E-state index is 12.8. The Labute approximate surface area is 472 Å². The topological polar surface area (TPSA) is 78.9 Å². The maximum Gasteiger partial charge on any atom is 0.306 e. The molecule has 0 rings (SSSR count). The van der Waals surface area contributed by atoms with Crippen LogP contribution in [-0.4, -0.2) is 37.2 Å². The minimum Gasteiger partial charge on any atom is -0.462 e. The highest BCUT2D eigenvalue weighted by Crippen LogP contribution is 2.17. The molecule has 0 aromatic rings. The smallest absolute Gasteiger partial charge is 0.306 e. The lowest BCUT2D eigenvalue weighted by molar-refractivity contribution is -0.167. The van der Waals surface area contributed by atoms with Crippen LogP contribution in [0, 0.1) is 0 Å². The largest absolute Gasteiger partial charge is 0.462 e. The van der Waals surface area contributed by atoms with E-state index >= 15 is 0 Å². The summed E-state index contributed by atoms with van der Waals surface area (Å²) in [4.78, 5) is 38.1. The Hall–Kier alpha value is -3.15. The Bertz CT molecular complexity index is 1400. The molecule has 1 unspecified atom stereocenters. The highest BCUT2D eigenvalue weighted by atomic mass is 16.6. The monoisotopic (exact) mass is 1060 g/mol. The first-order valence-corrected chi connectivity index (χ1v) is 32.9. The zero-order chi connectivity index (χ0) is 55.0. The first kappa shape index (κ1) is 72.8. The van der Waals surface area contributed by atoms with Crippen LogP contribution in [0.1, 0.15) is 335 Å². The van der Waals surface area contributed by atoms with E-state index in [1.807, 2.05) is 0 Å². The second-order valence-corrected chi connectivity index (χ2v) is 22.0. The van der Waals surface area contributed by atoms with E-state index in [9.17, 15) is 14.4 Å². The molecule has 0 fully saturated rings. The number of rotatable bonds is 60. The molecule has 6 heteroatoms. The van der Waals surface area contributed by atoms with Crippen molar-refractivity contribution in [3.8, 4) is 0 Å². The molecule has 440 valence electrons. The normalized spacial score (nSPS) is 12.5. The van der Waals surface area contributed by atoms with E-state index in [4.69, 9.17) is 14.2 Å². The number of ether oxygens (including phenoxy) is 3. The fourth-order valence-corrected chi connectivity index (χ4v) is 9.53. The van der Waals surface area contributed by atoms with Gasteiger partial charge in [0.1, 0.15) is 13.2 Å². The third-order valence-corrected chi connectivity index (χ3v) is 14.4. The fourth-order valence-electron chi connectivity index (χ4n) is 9.53. The molecular formula is C70H124O6.